The fraction of sp³-hybridized carbons (Fsp3) is 0.857. The number of rotatable bonds is 4. The average Bonchev–Trinajstić information content (AvgIpc) is 3.03. The monoisotopic (exact) mass is 398 g/mol. The molecule has 1 heteroatoms. The molecule has 1 N–H and O–H groups in total. The van der Waals surface area contributed by atoms with Gasteiger partial charge in [-0.15, -0.1) is 0 Å². The first-order valence-electron chi connectivity index (χ1n) is 12.7. The highest BCUT2D eigenvalue weighted by atomic mass is 16.3. The van der Waals surface area contributed by atoms with E-state index in [1.807, 2.05) is 5.57 Å². The molecule has 8 atom stereocenters. The number of hydrogen-bond acceptors (Lipinski definition) is 1. The fourth-order valence-electron chi connectivity index (χ4n) is 8.24. The van der Waals surface area contributed by atoms with Crippen LogP contribution in [0, 0.1) is 46.3 Å². The molecule has 4 rings (SSSR count). The topological polar surface area (TPSA) is 20.2 Å². The molecular formula is C28H46O. The van der Waals surface area contributed by atoms with E-state index in [0.717, 1.165) is 36.5 Å². The quantitative estimate of drug-likeness (QED) is 0.484. The Bertz CT molecular complexity index is 672. The molecule has 29 heavy (non-hydrogen) atoms. The third kappa shape index (κ3) is 3.58. The van der Waals surface area contributed by atoms with Gasteiger partial charge in [-0.05, 0) is 111 Å². The molecule has 0 bridgehead atoms. The lowest BCUT2D eigenvalue weighted by Gasteiger charge is -2.57. The molecule has 0 heterocycles. The molecule has 164 valence electrons. The standard InChI is InChI=1S/C28H46O/c1-18(2)19(3)7-8-20(4)24-11-12-25-23-10-9-21-17-22(29)13-15-27(21,5)26(23)14-16-28(24,25)6/h7,10,18,20-22,24-26,29H,8-9,11-17H2,1-6H3/b19-7+/t20-,21+,22+,24-,25+,26+,27+,28-/m1/s1. The zero-order valence-electron chi connectivity index (χ0n) is 20.0. The molecule has 0 radical (unpaired) electrons. The van der Waals surface area contributed by atoms with E-state index in [1.165, 1.54) is 44.9 Å². The Labute approximate surface area is 180 Å². The van der Waals surface area contributed by atoms with Gasteiger partial charge < -0.3 is 5.11 Å². The largest absolute Gasteiger partial charge is 0.393 e. The summed E-state index contributed by atoms with van der Waals surface area (Å²) in [7, 11) is 0. The van der Waals surface area contributed by atoms with Gasteiger partial charge in [-0.3, -0.25) is 0 Å². The van der Waals surface area contributed by atoms with Gasteiger partial charge >= 0.3 is 0 Å². The summed E-state index contributed by atoms with van der Waals surface area (Å²) in [6.45, 7) is 14.7. The minimum Gasteiger partial charge on any atom is -0.393 e. The molecule has 0 amide bonds. The van der Waals surface area contributed by atoms with E-state index in [-0.39, 0.29) is 6.10 Å². The molecule has 0 spiro atoms. The smallest absolute Gasteiger partial charge is 0.0543 e. The van der Waals surface area contributed by atoms with Gasteiger partial charge in [0.05, 0.1) is 6.10 Å². The van der Waals surface area contributed by atoms with Crippen molar-refractivity contribution in [3.63, 3.8) is 0 Å². The molecule has 0 aromatic carbocycles. The summed E-state index contributed by atoms with van der Waals surface area (Å²) < 4.78 is 0. The predicted octanol–water partition coefficient (Wildman–Crippen LogP) is 7.55. The first kappa shape index (κ1) is 21.7. The van der Waals surface area contributed by atoms with E-state index in [1.54, 1.807) is 5.57 Å². The van der Waals surface area contributed by atoms with Crippen LogP contribution in [0.2, 0.25) is 0 Å². The van der Waals surface area contributed by atoms with Crippen LogP contribution in [-0.4, -0.2) is 11.2 Å². The van der Waals surface area contributed by atoms with E-state index < -0.39 is 0 Å². The SMILES string of the molecule is C/C(=C\C[C@@H](C)[C@H]1CC[C@H]2C3=CC[C@H]4C[C@@H](O)CC[C@]4(C)[C@H]3CC[C@]12C)C(C)C. The minimum atomic E-state index is -0.0454. The van der Waals surface area contributed by atoms with E-state index in [0.29, 0.717) is 22.7 Å². The molecule has 0 saturated heterocycles. The van der Waals surface area contributed by atoms with Crippen LogP contribution in [-0.2, 0) is 0 Å². The Morgan fingerprint density at radius 2 is 1.76 bits per heavy atom. The Kier molecular flexibility index (Phi) is 5.86. The van der Waals surface area contributed by atoms with Crippen LogP contribution in [0.5, 0.6) is 0 Å². The van der Waals surface area contributed by atoms with Gasteiger partial charge in [-0.1, -0.05) is 57.9 Å². The van der Waals surface area contributed by atoms with Gasteiger partial charge in [0, 0.05) is 0 Å². The van der Waals surface area contributed by atoms with Crippen molar-refractivity contribution in [3.8, 4) is 0 Å². The first-order chi connectivity index (χ1) is 13.7. The molecule has 0 aliphatic heterocycles. The number of hydrogen-bond donors (Lipinski definition) is 1. The third-order valence-electron chi connectivity index (χ3n) is 10.5. The summed E-state index contributed by atoms with van der Waals surface area (Å²) in [5.41, 5.74) is 4.38. The van der Waals surface area contributed by atoms with Crippen molar-refractivity contribution in [2.24, 2.45) is 46.3 Å². The molecule has 4 aliphatic rings. The van der Waals surface area contributed by atoms with E-state index in [4.69, 9.17) is 0 Å². The van der Waals surface area contributed by atoms with Crippen molar-refractivity contribution in [1.29, 1.82) is 0 Å². The summed E-state index contributed by atoms with van der Waals surface area (Å²) in [5, 5.41) is 10.2. The Hall–Kier alpha value is -0.560. The van der Waals surface area contributed by atoms with E-state index in [2.05, 4.69) is 53.7 Å². The van der Waals surface area contributed by atoms with Crippen molar-refractivity contribution < 1.29 is 5.11 Å². The van der Waals surface area contributed by atoms with Gasteiger partial charge in [0.2, 0.25) is 0 Å². The van der Waals surface area contributed by atoms with Crippen LogP contribution >= 0.6 is 0 Å². The number of fused-ring (bicyclic) bond motifs is 5. The zero-order valence-corrected chi connectivity index (χ0v) is 20.0. The van der Waals surface area contributed by atoms with Gasteiger partial charge in [-0.25, -0.2) is 0 Å². The zero-order chi connectivity index (χ0) is 21.0. The molecule has 3 fully saturated rings. The molecule has 0 aromatic heterocycles. The van der Waals surface area contributed by atoms with Crippen molar-refractivity contribution in [2.45, 2.75) is 105 Å². The van der Waals surface area contributed by atoms with E-state index in [9.17, 15) is 5.11 Å². The van der Waals surface area contributed by atoms with Crippen LogP contribution in [0.25, 0.3) is 0 Å². The summed E-state index contributed by atoms with van der Waals surface area (Å²) in [4.78, 5) is 0. The van der Waals surface area contributed by atoms with Gasteiger partial charge in [0.15, 0.2) is 0 Å². The molecule has 3 saturated carbocycles. The van der Waals surface area contributed by atoms with E-state index >= 15 is 0 Å². The molecular weight excluding hydrogens is 352 g/mol. The van der Waals surface area contributed by atoms with Gasteiger partial charge in [0.1, 0.15) is 0 Å². The average molecular weight is 399 g/mol. The lowest BCUT2D eigenvalue weighted by Crippen LogP contribution is -2.49. The highest BCUT2D eigenvalue weighted by Gasteiger charge is 2.58. The summed E-state index contributed by atoms with van der Waals surface area (Å²) in [5.74, 6) is 4.69. The summed E-state index contributed by atoms with van der Waals surface area (Å²) >= 11 is 0. The second kappa shape index (κ2) is 7.85. The van der Waals surface area contributed by atoms with Crippen molar-refractivity contribution in [3.05, 3.63) is 23.3 Å². The summed E-state index contributed by atoms with van der Waals surface area (Å²) in [6, 6.07) is 0. The van der Waals surface area contributed by atoms with Crippen molar-refractivity contribution >= 4 is 0 Å². The highest BCUT2D eigenvalue weighted by molar-refractivity contribution is 5.27. The van der Waals surface area contributed by atoms with Gasteiger partial charge in [0.25, 0.3) is 0 Å². The van der Waals surface area contributed by atoms with Crippen LogP contribution in [0.4, 0.5) is 0 Å². The van der Waals surface area contributed by atoms with Crippen LogP contribution < -0.4 is 0 Å². The Morgan fingerprint density at radius 1 is 1.07 bits per heavy atom. The number of aliphatic hydroxyl groups is 1. The maximum absolute atomic E-state index is 10.2. The Morgan fingerprint density at radius 3 is 2.48 bits per heavy atom. The van der Waals surface area contributed by atoms with Crippen molar-refractivity contribution in [1.82, 2.24) is 0 Å². The highest BCUT2D eigenvalue weighted by Crippen LogP contribution is 2.66. The second-order valence-corrected chi connectivity index (χ2v) is 12.2. The molecule has 0 unspecified atom stereocenters. The normalized spacial score (nSPS) is 46.0. The van der Waals surface area contributed by atoms with Crippen molar-refractivity contribution in [2.75, 3.05) is 0 Å². The van der Waals surface area contributed by atoms with Crippen LogP contribution in [0.1, 0.15) is 99.3 Å². The fourth-order valence-corrected chi connectivity index (χ4v) is 8.24. The minimum absolute atomic E-state index is 0.0454. The molecule has 4 aliphatic carbocycles. The maximum Gasteiger partial charge on any atom is 0.0543 e. The molecule has 0 aromatic rings. The lowest BCUT2D eigenvalue weighted by molar-refractivity contribution is -0.0424. The van der Waals surface area contributed by atoms with Gasteiger partial charge in [-0.2, -0.15) is 0 Å². The lowest BCUT2D eigenvalue weighted by atomic mass is 9.47. The third-order valence-corrected chi connectivity index (χ3v) is 10.5. The van der Waals surface area contributed by atoms with Crippen LogP contribution in [0.3, 0.4) is 0 Å². The maximum atomic E-state index is 10.2. The Balaban J connectivity index is 1.53. The molecule has 1 nitrogen and oxygen atoms in total. The van der Waals surface area contributed by atoms with Crippen LogP contribution in [0.15, 0.2) is 23.3 Å². The summed E-state index contributed by atoms with van der Waals surface area (Å²) in [6.07, 6.45) is 16.6. The predicted molar refractivity (Wildman–Crippen MR) is 124 cm³/mol. The first-order valence-corrected chi connectivity index (χ1v) is 12.7. The number of aliphatic hydroxyl groups excluding tert-OH is 1. The second-order valence-electron chi connectivity index (χ2n) is 12.2. The number of allylic oxidation sites excluding steroid dienone is 4.